The van der Waals surface area contributed by atoms with Crippen LogP contribution in [0.15, 0.2) is 18.2 Å². The minimum atomic E-state index is 0.0993. The molecule has 0 bridgehead atoms. The van der Waals surface area contributed by atoms with Crippen LogP contribution in [-0.4, -0.2) is 67.1 Å². The molecule has 0 radical (unpaired) electrons. The van der Waals surface area contributed by atoms with E-state index < -0.39 is 0 Å². The molecule has 2 aliphatic heterocycles. The Bertz CT molecular complexity index is 862. The molecule has 0 unspecified atom stereocenters. The number of likely N-dealkylation sites (tertiary alicyclic amines) is 2. The van der Waals surface area contributed by atoms with Gasteiger partial charge in [-0.25, -0.2) is 4.98 Å². The van der Waals surface area contributed by atoms with Crippen molar-refractivity contribution in [3.8, 4) is 22.1 Å². The van der Waals surface area contributed by atoms with Crippen molar-refractivity contribution in [1.82, 2.24) is 14.8 Å². The number of ether oxygens (including phenoxy) is 2. The first-order valence-corrected chi connectivity index (χ1v) is 11.7. The Morgan fingerprint density at radius 2 is 1.67 bits per heavy atom. The summed E-state index contributed by atoms with van der Waals surface area (Å²) in [6, 6.07) is 6.30. The molecule has 1 aromatic carbocycles. The van der Waals surface area contributed by atoms with Crippen LogP contribution in [0, 0.1) is 6.92 Å². The van der Waals surface area contributed by atoms with E-state index in [-0.39, 0.29) is 5.91 Å². The Balaban J connectivity index is 1.50. The van der Waals surface area contributed by atoms with Gasteiger partial charge in [0.1, 0.15) is 21.4 Å². The number of methoxy groups -OCH3 is 2. The topological polar surface area (TPSA) is 54.9 Å². The van der Waals surface area contributed by atoms with Gasteiger partial charge in [-0.05, 0) is 57.8 Å². The lowest BCUT2D eigenvalue weighted by Crippen LogP contribution is -2.48. The second-order valence-corrected chi connectivity index (χ2v) is 9.09. The van der Waals surface area contributed by atoms with Gasteiger partial charge in [-0.15, -0.1) is 11.3 Å². The van der Waals surface area contributed by atoms with Gasteiger partial charge in [0, 0.05) is 19.1 Å². The van der Waals surface area contributed by atoms with E-state index in [1.54, 1.807) is 14.2 Å². The molecule has 0 aliphatic carbocycles. The first kappa shape index (κ1) is 21.1. The molecular formula is C23H31N3O3S. The summed E-state index contributed by atoms with van der Waals surface area (Å²) in [7, 11) is 3.27. The molecule has 2 aromatic rings. The van der Waals surface area contributed by atoms with Crippen LogP contribution in [0.25, 0.3) is 10.6 Å². The minimum Gasteiger partial charge on any atom is -0.496 e. The number of rotatable bonds is 5. The van der Waals surface area contributed by atoms with Crippen molar-refractivity contribution in [3.63, 3.8) is 0 Å². The molecular weight excluding hydrogens is 398 g/mol. The molecule has 6 nitrogen and oxygen atoms in total. The summed E-state index contributed by atoms with van der Waals surface area (Å²) in [6.45, 7) is 6.00. The number of carbonyl (C=O) groups is 1. The number of aromatic nitrogens is 1. The van der Waals surface area contributed by atoms with Gasteiger partial charge < -0.3 is 19.3 Å². The highest BCUT2D eigenvalue weighted by Crippen LogP contribution is 2.41. The molecule has 0 spiro atoms. The molecule has 2 fully saturated rings. The summed E-state index contributed by atoms with van der Waals surface area (Å²) in [5.41, 5.74) is 1.57. The minimum absolute atomic E-state index is 0.0993. The zero-order chi connectivity index (χ0) is 21.1. The summed E-state index contributed by atoms with van der Waals surface area (Å²) < 4.78 is 11.0. The molecule has 3 heterocycles. The molecule has 0 atom stereocenters. The van der Waals surface area contributed by atoms with Crippen molar-refractivity contribution in [2.24, 2.45) is 0 Å². The maximum Gasteiger partial charge on any atom is 0.265 e. The van der Waals surface area contributed by atoms with Gasteiger partial charge >= 0.3 is 0 Å². The molecule has 7 heteroatoms. The molecule has 4 rings (SSSR count). The third kappa shape index (κ3) is 4.18. The average molecular weight is 430 g/mol. The molecule has 0 N–H and O–H groups in total. The highest BCUT2D eigenvalue weighted by molar-refractivity contribution is 7.17. The van der Waals surface area contributed by atoms with Gasteiger partial charge in [0.05, 0.1) is 25.5 Å². The number of piperidine rings is 2. The fourth-order valence-electron chi connectivity index (χ4n) is 4.62. The smallest absolute Gasteiger partial charge is 0.265 e. The summed E-state index contributed by atoms with van der Waals surface area (Å²) in [4.78, 5) is 23.3. The zero-order valence-electron chi connectivity index (χ0n) is 18.1. The Morgan fingerprint density at radius 1 is 1.03 bits per heavy atom. The largest absolute Gasteiger partial charge is 0.496 e. The first-order valence-electron chi connectivity index (χ1n) is 10.8. The third-order valence-corrected chi connectivity index (χ3v) is 7.45. The van der Waals surface area contributed by atoms with Crippen LogP contribution in [0.2, 0.25) is 0 Å². The van der Waals surface area contributed by atoms with Crippen molar-refractivity contribution >= 4 is 17.2 Å². The van der Waals surface area contributed by atoms with Crippen LogP contribution in [0.5, 0.6) is 11.5 Å². The zero-order valence-corrected chi connectivity index (χ0v) is 19.0. The van der Waals surface area contributed by atoms with Crippen LogP contribution in [0.1, 0.15) is 47.5 Å². The Labute approximate surface area is 182 Å². The van der Waals surface area contributed by atoms with Gasteiger partial charge in [0.15, 0.2) is 0 Å². The monoisotopic (exact) mass is 429 g/mol. The Hall–Kier alpha value is -2.12. The first-order chi connectivity index (χ1) is 14.6. The van der Waals surface area contributed by atoms with E-state index in [2.05, 4.69) is 4.90 Å². The molecule has 30 heavy (non-hydrogen) atoms. The quantitative estimate of drug-likeness (QED) is 0.712. The standard InChI is InChI=1S/C23H31N3O3S/c1-16-21(30-22(24-16)20-18(28-2)8-7-9-19(20)29-3)23(27)26-14-10-17(11-15-26)25-12-5-4-6-13-25/h7-9,17H,4-6,10-15H2,1-3H3. The molecule has 162 valence electrons. The highest BCUT2D eigenvalue weighted by atomic mass is 32.1. The lowest BCUT2D eigenvalue weighted by molar-refractivity contribution is 0.0593. The second kappa shape index (κ2) is 9.35. The molecule has 2 aliphatic rings. The normalized spacial score (nSPS) is 18.4. The molecule has 1 amide bonds. The number of nitrogens with zero attached hydrogens (tertiary/aromatic N) is 3. The van der Waals surface area contributed by atoms with E-state index >= 15 is 0 Å². The van der Waals surface area contributed by atoms with Crippen LogP contribution in [0.3, 0.4) is 0 Å². The van der Waals surface area contributed by atoms with Crippen molar-refractivity contribution < 1.29 is 14.3 Å². The lowest BCUT2D eigenvalue weighted by atomic mass is 10.00. The predicted molar refractivity (Wildman–Crippen MR) is 120 cm³/mol. The van der Waals surface area contributed by atoms with Crippen molar-refractivity contribution in [1.29, 1.82) is 0 Å². The number of carbonyl (C=O) groups excluding carboxylic acids is 1. The van der Waals surface area contributed by atoms with Crippen LogP contribution >= 0.6 is 11.3 Å². The maximum atomic E-state index is 13.3. The van der Waals surface area contributed by atoms with E-state index in [0.29, 0.717) is 17.5 Å². The summed E-state index contributed by atoms with van der Waals surface area (Å²) in [5.74, 6) is 1.50. The lowest BCUT2D eigenvalue weighted by Gasteiger charge is -2.40. The number of hydrogen-bond donors (Lipinski definition) is 0. The molecule has 1 aromatic heterocycles. The van der Waals surface area contributed by atoms with Crippen LogP contribution < -0.4 is 9.47 Å². The highest BCUT2D eigenvalue weighted by Gasteiger charge is 2.30. The van der Waals surface area contributed by atoms with Crippen LogP contribution in [-0.2, 0) is 0 Å². The molecule has 0 saturated carbocycles. The van der Waals surface area contributed by atoms with Gasteiger partial charge in [0.2, 0.25) is 0 Å². The maximum absolute atomic E-state index is 13.3. The average Bonchev–Trinajstić information content (AvgIpc) is 3.19. The van der Waals surface area contributed by atoms with E-state index in [4.69, 9.17) is 14.5 Å². The van der Waals surface area contributed by atoms with Crippen molar-refractivity contribution in [2.75, 3.05) is 40.4 Å². The third-order valence-electron chi connectivity index (χ3n) is 6.29. The van der Waals surface area contributed by atoms with Crippen molar-refractivity contribution in [2.45, 2.75) is 45.1 Å². The van der Waals surface area contributed by atoms with Gasteiger partial charge in [-0.1, -0.05) is 12.5 Å². The van der Waals surface area contributed by atoms with E-state index in [9.17, 15) is 4.79 Å². The summed E-state index contributed by atoms with van der Waals surface area (Å²) in [6.07, 6.45) is 6.12. The Morgan fingerprint density at radius 3 is 2.27 bits per heavy atom. The van der Waals surface area contributed by atoms with Crippen molar-refractivity contribution in [3.05, 3.63) is 28.8 Å². The SMILES string of the molecule is COc1cccc(OC)c1-c1nc(C)c(C(=O)N2CCC(N3CCCCC3)CC2)s1. The fourth-order valence-corrected chi connectivity index (χ4v) is 5.71. The number of thiazole rings is 1. The van der Waals surface area contributed by atoms with Crippen LogP contribution in [0.4, 0.5) is 0 Å². The fraction of sp³-hybridized carbons (Fsp3) is 0.565. The van der Waals surface area contributed by atoms with Gasteiger partial charge in [-0.2, -0.15) is 0 Å². The number of benzene rings is 1. The number of hydrogen-bond acceptors (Lipinski definition) is 6. The Kier molecular flexibility index (Phi) is 6.58. The van der Waals surface area contributed by atoms with E-state index in [1.807, 2.05) is 30.0 Å². The van der Waals surface area contributed by atoms with Gasteiger partial charge in [0.25, 0.3) is 5.91 Å². The van der Waals surface area contributed by atoms with E-state index in [0.717, 1.165) is 47.1 Å². The summed E-state index contributed by atoms with van der Waals surface area (Å²) in [5, 5.41) is 0.758. The van der Waals surface area contributed by atoms with E-state index in [1.165, 1.54) is 43.7 Å². The predicted octanol–water partition coefficient (Wildman–Crippen LogP) is 4.23. The summed E-state index contributed by atoms with van der Waals surface area (Å²) >= 11 is 1.43. The number of aryl methyl sites for hydroxylation is 1. The van der Waals surface area contributed by atoms with Gasteiger partial charge in [-0.3, -0.25) is 4.79 Å². The number of amides is 1. The molecule has 2 saturated heterocycles. The second-order valence-electron chi connectivity index (χ2n) is 8.09.